The smallest absolute Gasteiger partial charge is 0.231 e. The van der Waals surface area contributed by atoms with Crippen molar-refractivity contribution in [2.45, 2.75) is 6.92 Å². The van der Waals surface area contributed by atoms with E-state index < -0.39 is 0 Å². The van der Waals surface area contributed by atoms with Crippen LogP contribution in [0.3, 0.4) is 0 Å². The molecule has 0 bridgehead atoms. The van der Waals surface area contributed by atoms with Gasteiger partial charge in [0, 0.05) is 0 Å². The van der Waals surface area contributed by atoms with Gasteiger partial charge in [0.15, 0.2) is 0 Å². The average molecular weight is 389 g/mol. The molecule has 7 nitrogen and oxygen atoms in total. The third-order valence-corrected chi connectivity index (χ3v) is 3.45. The van der Waals surface area contributed by atoms with E-state index in [4.69, 9.17) is 16.2 Å². The summed E-state index contributed by atoms with van der Waals surface area (Å²) in [5.74, 6) is 0.366. The first-order chi connectivity index (χ1) is 12.5. The molecule has 1 aromatic heterocycles. The Morgan fingerprint density at radius 3 is 2.41 bits per heavy atom. The Morgan fingerprint density at radius 2 is 1.78 bits per heavy atom. The topological polar surface area (TPSA) is 104 Å². The molecule has 0 saturated heterocycles. The molecule has 0 spiro atoms. The molecule has 2 aromatic carbocycles. The van der Waals surface area contributed by atoms with Crippen molar-refractivity contribution >= 4 is 24.6 Å². The van der Waals surface area contributed by atoms with E-state index in [0.717, 1.165) is 5.69 Å². The van der Waals surface area contributed by atoms with E-state index in [1.54, 1.807) is 4.68 Å². The minimum Gasteiger partial charge on any atom is -0.438 e. The van der Waals surface area contributed by atoms with Crippen LogP contribution in [-0.4, -0.2) is 22.0 Å². The molecule has 0 fully saturated rings. The fourth-order valence-corrected chi connectivity index (χ4v) is 2.28. The van der Waals surface area contributed by atoms with Gasteiger partial charge in [-0.3, -0.25) is 0 Å². The fraction of sp³-hybridized carbons (Fsp3) is 0.0556. The van der Waals surface area contributed by atoms with Crippen LogP contribution in [0.15, 0.2) is 64.8 Å². The van der Waals surface area contributed by atoms with Crippen molar-refractivity contribution in [1.82, 2.24) is 9.78 Å². The van der Waals surface area contributed by atoms with Gasteiger partial charge < -0.3 is 16.2 Å². The van der Waals surface area contributed by atoms with Gasteiger partial charge in [0.25, 0.3) is 0 Å². The van der Waals surface area contributed by atoms with Gasteiger partial charge in [-0.2, -0.15) is 14.9 Å². The van der Waals surface area contributed by atoms with Crippen molar-refractivity contribution < 1.29 is 9.13 Å². The molecular weight excluding hydrogens is 371 g/mol. The molecule has 0 saturated carbocycles. The molecule has 4 N–H and O–H groups in total. The van der Waals surface area contributed by atoms with Crippen LogP contribution in [0.2, 0.25) is 0 Å². The summed E-state index contributed by atoms with van der Waals surface area (Å²) in [4.78, 5) is 0. The third kappa shape index (κ3) is 4.83. The first-order valence-electron chi connectivity index (χ1n) is 7.75. The molecule has 27 heavy (non-hydrogen) atoms. The summed E-state index contributed by atoms with van der Waals surface area (Å²) in [5, 5.41) is 12.0. The zero-order valence-corrected chi connectivity index (χ0v) is 15.2. The normalized spacial score (nSPS) is 10.4. The summed E-state index contributed by atoms with van der Waals surface area (Å²) >= 11 is 0. The first-order valence-corrected chi connectivity index (χ1v) is 7.75. The SMILES string of the molecule is Cc1nn(-c2ccccc2)c(Oc2ccc(F)cc2)c1/C=N/N=C(N)N.Cl. The highest BCUT2D eigenvalue weighted by atomic mass is 35.5. The highest BCUT2D eigenvalue weighted by Crippen LogP contribution is 2.29. The summed E-state index contributed by atoms with van der Waals surface area (Å²) < 4.78 is 20.8. The Morgan fingerprint density at radius 1 is 1.11 bits per heavy atom. The number of aromatic nitrogens is 2. The standard InChI is InChI=1S/C18H17FN6O.ClH/c1-12-16(11-22-23-18(20)21)17(26-15-9-7-13(19)8-10-15)25(24-12)14-5-3-2-4-6-14;/h2-11H,1H3,(H4,20,21,23);1H/b22-11+;. The minimum absolute atomic E-state index is 0. The lowest BCUT2D eigenvalue weighted by atomic mass is 10.2. The van der Waals surface area contributed by atoms with Crippen molar-refractivity contribution in [3.63, 3.8) is 0 Å². The Balaban J connectivity index is 0.00000261. The van der Waals surface area contributed by atoms with Gasteiger partial charge >= 0.3 is 0 Å². The van der Waals surface area contributed by atoms with Crippen LogP contribution in [0, 0.1) is 12.7 Å². The van der Waals surface area contributed by atoms with Crippen LogP contribution in [0.5, 0.6) is 11.6 Å². The van der Waals surface area contributed by atoms with Gasteiger partial charge in [0.1, 0.15) is 11.6 Å². The maximum absolute atomic E-state index is 13.2. The number of rotatable bonds is 5. The number of guanidine groups is 1. The van der Waals surface area contributed by atoms with E-state index in [0.29, 0.717) is 22.9 Å². The summed E-state index contributed by atoms with van der Waals surface area (Å²) in [6.45, 7) is 1.81. The van der Waals surface area contributed by atoms with Crippen LogP contribution in [0.1, 0.15) is 11.3 Å². The number of nitrogens with zero attached hydrogens (tertiary/aromatic N) is 4. The zero-order valence-electron chi connectivity index (χ0n) is 14.4. The Bertz CT molecular complexity index is 950. The molecule has 0 atom stereocenters. The fourth-order valence-electron chi connectivity index (χ4n) is 2.28. The van der Waals surface area contributed by atoms with Crippen molar-refractivity contribution in [1.29, 1.82) is 0 Å². The van der Waals surface area contributed by atoms with Crippen LogP contribution in [0.25, 0.3) is 5.69 Å². The molecule has 140 valence electrons. The maximum atomic E-state index is 13.2. The molecule has 0 aliphatic carbocycles. The van der Waals surface area contributed by atoms with E-state index in [1.807, 2.05) is 37.3 Å². The Labute approximate surface area is 161 Å². The van der Waals surface area contributed by atoms with Crippen LogP contribution >= 0.6 is 12.4 Å². The van der Waals surface area contributed by atoms with Gasteiger partial charge in [-0.1, -0.05) is 18.2 Å². The van der Waals surface area contributed by atoms with Crippen LogP contribution in [-0.2, 0) is 0 Å². The lowest BCUT2D eigenvalue weighted by Crippen LogP contribution is -2.21. The largest absolute Gasteiger partial charge is 0.438 e. The number of nitrogens with two attached hydrogens (primary N) is 2. The van der Waals surface area contributed by atoms with Crippen molar-refractivity contribution in [3.8, 4) is 17.3 Å². The minimum atomic E-state index is -0.348. The zero-order chi connectivity index (χ0) is 18.5. The highest BCUT2D eigenvalue weighted by Gasteiger charge is 2.17. The second kappa shape index (κ2) is 8.81. The van der Waals surface area contributed by atoms with E-state index in [2.05, 4.69) is 15.3 Å². The molecular formula is C18H18ClFN6O. The Kier molecular flexibility index (Phi) is 6.51. The van der Waals surface area contributed by atoms with E-state index in [9.17, 15) is 4.39 Å². The van der Waals surface area contributed by atoms with Gasteiger partial charge in [0.2, 0.25) is 11.8 Å². The van der Waals surface area contributed by atoms with Crippen molar-refractivity contribution in [2.24, 2.45) is 21.7 Å². The Hall–Kier alpha value is -3.39. The number of aryl methyl sites for hydroxylation is 1. The molecule has 0 unspecified atom stereocenters. The van der Waals surface area contributed by atoms with Gasteiger partial charge in [-0.25, -0.2) is 4.39 Å². The first kappa shape index (κ1) is 19.9. The summed E-state index contributed by atoms with van der Waals surface area (Å²) in [7, 11) is 0. The lowest BCUT2D eigenvalue weighted by molar-refractivity contribution is 0.442. The number of para-hydroxylation sites is 1. The number of ether oxygens (including phenoxy) is 1. The molecule has 3 rings (SSSR count). The predicted molar refractivity (Wildman–Crippen MR) is 105 cm³/mol. The van der Waals surface area contributed by atoms with Crippen molar-refractivity contribution in [3.05, 3.63) is 71.7 Å². The highest BCUT2D eigenvalue weighted by molar-refractivity contribution is 5.86. The van der Waals surface area contributed by atoms with Gasteiger partial charge in [-0.05, 0) is 43.3 Å². The van der Waals surface area contributed by atoms with Crippen molar-refractivity contribution in [2.75, 3.05) is 0 Å². The number of hydrogen-bond acceptors (Lipinski definition) is 4. The molecule has 3 aromatic rings. The number of benzene rings is 2. The number of halogens is 2. The maximum Gasteiger partial charge on any atom is 0.231 e. The van der Waals surface area contributed by atoms with Gasteiger partial charge in [-0.15, -0.1) is 17.5 Å². The quantitative estimate of drug-likeness (QED) is 0.398. The number of hydrogen-bond donors (Lipinski definition) is 2. The summed E-state index contributed by atoms with van der Waals surface area (Å²) in [5.41, 5.74) is 12.7. The summed E-state index contributed by atoms with van der Waals surface area (Å²) in [6, 6.07) is 15.2. The lowest BCUT2D eigenvalue weighted by Gasteiger charge is -2.10. The van der Waals surface area contributed by atoms with E-state index in [-0.39, 0.29) is 24.2 Å². The molecule has 1 heterocycles. The molecule has 0 aliphatic rings. The van der Waals surface area contributed by atoms with Gasteiger partial charge in [0.05, 0.1) is 23.2 Å². The molecule has 0 aliphatic heterocycles. The molecule has 0 radical (unpaired) electrons. The second-order valence-electron chi connectivity index (χ2n) is 5.38. The molecule has 0 amide bonds. The van der Waals surface area contributed by atoms with Crippen LogP contribution in [0.4, 0.5) is 4.39 Å². The second-order valence-corrected chi connectivity index (χ2v) is 5.38. The summed E-state index contributed by atoms with van der Waals surface area (Å²) in [6.07, 6.45) is 1.46. The monoisotopic (exact) mass is 388 g/mol. The van der Waals surface area contributed by atoms with E-state index >= 15 is 0 Å². The molecule has 9 heteroatoms. The third-order valence-electron chi connectivity index (χ3n) is 3.45. The van der Waals surface area contributed by atoms with E-state index in [1.165, 1.54) is 30.5 Å². The predicted octanol–water partition coefficient (Wildman–Crippen LogP) is 3.14. The van der Waals surface area contributed by atoms with Crippen LogP contribution < -0.4 is 16.2 Å². The average Bonchev–Trinajstić information content (AvgIpc) is 2.93.